The molecule has 0 aliphatic carbocycles. The molecule has 10 nitrogen and oxygen atoms in total. The predicted octanol–water partition coefficient (Wildman–Crippen LogP) is 8.73. The van der Waals surface area contributed by atoms with Crippen molar-refractivity contribution in [1.82, 2.24) is 10.9 Å². The van der Waals surface area contributed by atoms with E-state index in [1.807, 2.05) is 0 Å². The Balaban J connectivity index is 0.000000280. The number of aliphatic imine (C=N–C) groups is 2. The SMILES string of the molecule is [C-]#[N+]c1ccc(NC(=NC)C2(C)CC(C(F)(F)F)=NN2)cc1C(F)(F)F.[C-]#[N+]c1ccc(NC(=NC)C2(C)CC(C(F)(F)F)=NN2)cc1C(F)(F)F. The van der Waals surface area contributed by atoms with Crippen LogP contribution in [0.25, 0.3) is 9.69 Å². The topological polar surface area (TPSA) is 106 Å². The van der Waals surface area contributed by atoms with Gasteiger partial charge in [0.1, 0.15) is 34.2 Å². The molecule has 0 aromatic heterocycles. The lowest BCUT2D eigenvalue weighted by Gasteiger charge is -2.27. The molecule has 0 fully saturated rings. The van der Waals surface area contributed by atoms with E-state index in [-0.39, 0.29) is 23.0 Å². The van der Waals surface area contributed by atoms with Crippen LogP contribution >= 0.6 is 0 Å². The summed E-state index contributed by atoms with van der Waals surface area (Å²) in [4.78, 5) is 13.3. The summed E-state index contributed by atoms with van der Waals surface area (Å²) in [6, 6.07) is 5.82. The van der Waals surface area contributed by atoms with E-state index in [0.717, 1.165) is 12.1 Å². The first-order valence-corrected chi connectivity index (χ1v) is 14.3. The van der Waals surface area contributed by atoms with Crippen molar-refractivity contribution in [2.24, 2.45) is 20.2 Å². The van der Waals surface area contributed by atoms with Crippen LogP contribution in [0, 0.1) is 13.1 Å². The summed E-state index contributed by atoms with van der Waals surface area (Å²) < 4.78 is 155. The molecule has 0 spiro atoms. The third-order valence-corrected chi connectivity index (χ3v) is 7.43. The number of benzene rings is 2. The van der Waals surface area contributed by atoms with Crippen molar-refractivity contribution in [2.45, 2.75) is 62.5 Å². The number of halogens is 12. The van der Waals surface area contributed by atoms with Crippen LogP contribution in [-0.4, -0.2) is 60.6 Å². The van der Waals surface area contributed by atoms with E-state index in [4.69, 9.17) is 13.1 Å². The van der Waals surface area contributed by atoms with E-state index in [2.05, 4.69) is 51.4 Å². The first-order valence-electron chi connectivity index (χ1n) is 14.3. The predicted molar refractivity (Wildman–Crippen MR) is 169 cm³/mol. The van der Waals surface area contributed by atoms with E-state index in [1.165, 1.54) is 40.1 Å². The third kappa shape index (κ3) is 9.41. The monoisotopic (exact) mass is 754 g/mol. The van der Waals surface area contributed by atoms with Gasteiger partial charge in [-0.15, -0.1) is 0 Å². The summed E-state index contributed by atoms with van der Waals surface area (Å²) >= 11 is 0. The Bertz CT molecular complexity index is 1740. The fourth-order valence-electron chi connectivity index (χ4n) is 4.84. The number of nitrogens with zero attached hydrogens (tertiary/aromatic N) is 6. The molecule has 2 aliphatic rings. The first-order chi connectivity index (χ1) is 23.8. The zero-order valence-corrected chi connectivity index (χ0v) is 27.1. The Morgan fingerprint density at radius 1 is 0.635 bits per heavy atom. The van der Waals surface area contributed by atoms with Gasteiger partial charge in [0.05, 0.1) is 24.3 Å². The Morgan fingerprint density at radius 2 is 0.962 bits per heavy atom. The Kier molecular flexibility index (Phi) is 11.5. The van der Waals surface area contributed by atoms with Gasteiger partial charge in [0.2, 0.25) is 0 Å². The number of rotatable bonds is 4. The van der Waals surface area contributed by atoms with Crippen LogP contribution in [-0.2, 0) is 12.4 Å². The van der Waals surface area contributed by atoms with Gasteiger partial charge in [0.15, 0.2) is 11.4 Å². The second-order valence-electron chi connectivity index (χ2n) is 11.4. The summed E-state index contributed by atoms with van der Waals surface area (Å²) in [6.07, 6.45) is -19.8. The van der Waals surface area contributed by atoms with E-state index in [1.54, 1.807) is 0 Å². The molecular weight excluding hydrogens is 728 g/mol. The maximum atomic E-state index is 13.0. The fraction of sp³-hybridized carbons (Fsp3) is 0.400. The first kappa shape index (κ1) is 40.9. The molecule has 2 unspecified atom stereocenters. The number of nitrogens with one attached hydrogen (secondary N) is 4. The number of hydrogen-bond donors (Lipinski definition) is 4. The van der Waals surface area contributed by atoms with E-state index < -0.39 is 82.5 Å². The lowest BCUT2D eigenvalue weighted by Crippen LogP contribution is -2.48. The summed E-state index contributed by atoms with van der Waals surface area (Å²) in [7, 11) is 2.58. The van der Waals surface area contributed by atoms with Gasteiger partial charge in [-0.25, -0.2) is 9.69 Å². The second-order valence-corrected chi connectivity index (χ2v) is 11.4. The Morgan fingerprint density at radius 3 is 1.19 bits per heavy atom. The lowest BCUT2D eigenvalue weighted by molar-refractivity contribution is -0.137. The summed E-state index contributed by atoms with van der Waals surface area (Å²) in [5.74, 6) is -0.0478. The summed E-state index contributed by atoms with van der Waals surface area (Å²) in [6.45, 7) is 16.4. The largest absolute Gasteiger partial charge is 0.431 e. The van der Waals surface area contributed by atoms with Crippen molar-refractivity contribution in [1.29, 1.82) is 0 Å². The molecule has 2 aliphatic heterocycles. The standard InChI is InChI=1S/2C15H13F6N5/c2*1-13(7-11(25-26-13)15(19,20)21)12(23-3)24-8-4-5-10(22-2)9(6-8)14(16,17)18/h2*4-6,26H,7H2,1,3H3,(H,23,24). The van der Waals surface area contributed by atoms with Gasteiger partial charge in [-0.2, -0.15) is 62.9 Å². The van der Waals surface area contributed by atoms with Gasteiger partial charge in [0.25, 0.3) is 0 Å². The van der Waals surface area contributed by atoms with Crippen LogP contribution in [0.2, 0.25) is 0 Å². The zero-order valence-electron chi connectivity index (χ0n) is 27.1. The average Bonchev–Trinajstić information content (AvgIpc) is 3.66. The van der Waals surface area contributed by atoms with E-state index in [0.29, 0.717) is 12.1 Å². The highest BCUT2D eigenvalue weighted by atomic mass is 19.4. The molecule has 0 radical (unpaired) electrons. The normalized spacial score (nSPS) is 21.0. The Labute approximate surface area is 287 Å². The van der Waals surface area contributed by atoms with E-state index >= 15 is 0 Å². The molecule has 0 saturated heterocycles. The van der Waals surface area contributed by atoms with Crippen LogP contribution in [0.3, 0.4) is 0 Å². The van der Waals surface area contributed by atoms with Gasteiger partial charge < -0.3 is 10.6 Å². The highest BCUT2D eigenvalue weighted by molar-refractivity contribution is 6.08. The molecule has 0 saturated carbocycles. The molecule has 2 heterocycles. The maximum Gasteiger partial charge on any atom is 0.431 e. The third-order valence-electron chi connectivity index (χ3n) is 7.43. The molecule has 2 aromatic rings. The molecule has 2 atom stereocenters. The quantitative estimate of drug-likeness (QED) is 0.109. The number of anilines is 2. The zero-order chi connectivity index (χ0) is 39.5. The minimum Gasteiger partial charge on any atom is -0.342 e. The van der Waals surface area contributed by atoms with Crippen molar-refractivity contribution >= 4 is 45.8 Å². The van der Waals surface area contributed by atoms with Crippen LogP contribution < -0.4 is 21.5 Å². The molecule has 4 N–H and O–H groups in total. The van der Waals surface area contributed by atoms with Crippen LogP contribution in [0.4, 0.5) is 75.4 Å². The van der Waals surface area contributed by atoms with E-state index in [9.17, 15) is 52.7 Å². The fourth-order valence-corrected chi connectivity index (χ4v) is 4.84. The van der Waals surface area contributed by atoms with Crippen LogP contribution in [0.15, 0.2) is 56.6 Å². The maximum absolute atomic E-state index is 13.0. The highest BCUT2D eigenvalue weighted by Crippen LogP contribution is 2.40. The molecule has 0 bridgehead atoms. The minimum atomic E-state index is -4.75. The molecule has 280 valence electrons. The van der Waals surface area contributed by atoms with Gasteiger partial charge >= 0.3 is 24.7 Å². The molecular formula is C30H26F12N10. The molecule has 22 heteroatoms. The average molecular weight is 755 g/mol. The van der Waals surface area contributed by atoms with Gasteiger partial charge in [-0.3, -0.25) is 20.8 Å². The minimum absolute atomic E-state index is 0.0239. The summed E-state index contributed by atoms with van der Waals surface area (Å²) in [5.41, 5.74) is -3.72. The number of alkyl halides is 12. The smallest absolute Gasteiger partial charge is 0.342 e. The number of hydrazone groups is 2. The second kappa shape index (κ2) is 14.6. The molecule has 52 heavy (non-hydrogen) atoms. The highest BCUT2D eigenvalue weighted by Gasteiger charge is 2.48. The Hall–Kier alpha value is -5.54. The van der Waals surface area contributed by atoms with Crippen LogP contribution in [0.1, 0.15) is 37.8 Å². The van der Waals surface area contributed by atoms with Gasteiger partial charge in [0, 0.05) is 38.3 Å². The van der Waals surface area contributed by atoms with Crippen LogP contribution in [0.5, 0.6) is 0 Å². The van der Waals surface area contributed by atoms with Crippen molar-refractivity contribution < 1.29 is 52.7 Å². The lowest BCUT2D eigenvalue weighted by atomic mass is 9.94. The molecule has 4 rings (SSSR count). The molecule has 0 amide bonds. The van der Waals surface area contributed by atoms with Crippen molar-refractivity contribution in [2.75, 3.05) is 24.7 Å². The van der Waals surface area contributed by atoms with Gasteiger partial charge in [-0.05, 0) is 38.1 Å². The van der Waals surface area contributed by atoms with Crippen molar-refractivity contribution in [3.8, 4) is 0 Å². The number of hydrogen-bond acceptors (Lipinski definition) is 6. The van der Waals surface area contributed by atoms with Crippen molar-refractivity contribution in [3.05, 3.63) is 70.4 Å². The van der Waals surface area contributed by atoms with Gasteiger partial charge in [-0.1, -0.05) is 12.1 Å². The molecule has 2 aromatic carbocycles. The van der Waals surface area contributed by atoms with Crippen molar-refractivity contribution in [3.63, 3.8) is 0 Å². The number of amidine groups is 2. The summed E-state index contributed by atoms with van der Waals surface area (Å²) in [5, 5.41) is 11.7.